The Morgan fingerprint density at radius 3 is 2.64 bits per heavy atom. The molecule has 0 unspecified atom stereocenters. The van der Waals surface area contributed by atoms with Gasteiger partial charge in [0.1, 0.15) is 11.6 Å². The fraction of sp³-hybridized carbons (Fsp3) is 0.484. The minimum Gasteiger partial charge on any atom is -0.419 e. The average molecular weight is 535 g/mol. The van der Waals surface area contributed by atoms with Crippen LogP contribution >= 0.6 is 0 Å². The summed E-state index contributed by atoms with van der Waals surface area (Å²) in [4.78, 5) is 20.6. The fourth-order valence-corrected chi connectivity index (χ4v) is 5.24. The van der Waals surface area contributed by atoms with Crippen LogP contribution in [-0.4, -0.2) is 45.5 Å². The highest BCUT2D eigenvalue weighted by molar-refractivity contribution is 5.69. The van der Waals surface area contributed by atoms with Crippen LogP contribution in [-0.2, 0) is 16.0 Å². The molecule has 1 amide bonds. The van der Waals surface area contributed by atoms with Crippen LogP contribution in [0.15, 0.2) is 60.8 Å². The number of rotatable bonds is 9. The number of amides is 1. The van der Waals surface area contributed by atoms with Gasteiger partial charge in [0.05, 0.1) is 18.3 Å². The van der Waals surface area contributed by atoms with Crippen molar-refractivity contribution >= 4 is 6.09 Å². The minimum atomic E-state index is -0.541. The summed E-state index contributed by atoms with van der Waals surface area (Å²) < 4.78 is 27.7. The summed E-state index contributed by atoms with van der Waals surface area (Å²) in [6.07, 6.45) is 5.12. The lowest BCUT2D eigenvalue weighted by Gasteiger charge is -2.40. The number of carbonyl (C=O) groups excluding carboxylic acids is 1. The third kappa shape index (κ3) is 6.68. The van der Waals surface area contributed by atoms with Crippen LogP contribution in [0, 0.1) is 11.2 Å². The van der Waals surface area contributed by atoms with E-state index in [0.29, 0.717) is 43.8 Å². The lowest BCUT2D eigenvalue weighted by atomic mass is 9.84. The van der Waals surface area contributed by atoms with E-state index in [1.807, 2.05) is 30.5 Å². The molecule has 2 fully saturated rings. The number of nitrogens with zero attached hydrogens (tertiary/aromatic N) is 3. The van der Waals surface area contributed by atoms with Gasteiger partial charge < -0.3 is 19.8 Å². The van der Waals surface area contributed by atoms with Crippen molar-refractivity contribution in [3.05, 3.63) is 78.0 Å². The van der Waals surface area contributed by atoms with Crippen molar-refractivity contribution in [2.24, 2.45) is 11.1 Å². The third-order valence-corrected chi connectivity index (χ3v) is 7.60. The van der Waals surface area contributed by atoms with Gasteiger partial charge in [-0.2, -0.15) is 0 Å². The van der Waals surface area contributed by atoms with Crippen molar-refractivity contribution in [3.63, 3.8) is 0 Å². The third-order valence-electron chi connectivity index (χ3n) is 7.60. The van der Waals surface area contributed by atoms with Gasteiger partial charge in [0.25, 0.3) is 0 Å². The van der Waals surface area contributed by atoms with Gasteiger partial charge in [-0.3, -0.25) is 4.90 Å². The summed E-state index contributed by atoms with van der Waals surface area (Å²) in [6.45, 7) is 7.89. The second-order valence-corrected chi connectivity index (χ2v) is 12.0. The van der Waals surface area contributed by atoms with E-state index in [9.17, 15) is 9.18 Å². The average Bonchev–Trinajstić information content (AvgIpc) is 3.24. The first-order chi connectivity index (χ1) is 18.6. The monoisotopic (exact) mass is 534 g/mol. The van der Waals surface area contributed by atoms with Gasteiger partial charge in [-0.1, -0.05) is 63.2 Å². The first-order valence-electron chi connectivity index (χ1n) is 13.9. The Hall–Kier alpha value is -3.23. The van der Waals surface area contributed by atoms with Gasteiger partial charge in [-0.05, 0) is 48.8 Å². The second kappa shape index (κ2) is 11.1. The molecule has 2 atom stereocenters. The van der Waals surface area contributed by atoms with Crippen LogP contribution in [0.25, 0.3) is 11.3 Å². The Balaban J connectivity index is 1.57. The Morgan fingerprint density at radius 2 is 2.00 bits per heavy atom. The Kier molecular flexibility index (Phi) is 7.78. The van der Waals surface area contributed by atoms with Gasteiger partial charge in [0.15, 0.2) is 0 Å². The predicted octanol–water partition coefficient (Wildman–Crippen LogP) is 6.28. The summed E-state index contributed by atoms with van der Waals surface area (Å²) >= 11 is 0. The topological polar surface area (TPSA) is 82.6 Å². The molecular formula is C31H39FN4O3. The molecule has 0 bridgehead atoms. The number of imidazole rings is 1. The molecule has 0 spiro atoms. The first-order valence-corrected chi connectivity index (χ1v) is 13.9. The summed E-state index contributed by atoms with van der Waals surface area (Å²) in [5.74, 6) is 0.398. The minimum absolute atomic E-state index is 0.239. The summed E-state index contributed by atoms with van der Waals surface area (Å²) in [7, 11) is 0. The number of benzene rings is 2. The highest BCUT2D eigenvalue weighted by Crippen LogP contribution is 2.42. The zero-order valence-electron chi connectivity index (χ0n) is 23.1. The van der Waals surface area contributed by atoms with Gasteiger partial charge in [0.2, 0.25) is 6.29 Å². The zero-order valence-corrected chi connectivity index (χ0v) is 23.1. The van der Waals surface area contributed by atoms with E-state index in [0.717, 1.165) is 30.7 Å². The van der Waals surface area contributed by atoms with Crippen molar-refractivity contribution in [3.8, 4) is 11.3 Å². The molecular weight excluding hydrogens is 495 g/mol. The highest BCUT2D eigenvalue weighted by Gasteiger charge is 2.43. The predicted molar refractivity (Wildman–Crippen MR) is 148 cm³/mol. The van der Waals surface area contributed by atoms with Crippen LogP contribution in [0.2, 0.25) is 0 Å². The number of aromatic nitrogens is 2. The number of hydrogen-bond donors (Lipinski definition) is 1. The molecule has 5 rings (SSSR count). The van der Waals surface area contributed by atoms with Gasteiger partial charge in [-0.25, -0.2) is 14.2 Å². The molecule has 8 heteroatoms. The lowest BCUT2D eigenvalue weighted by Crippen LogP contribution is -2.45. The van der Waals surface area contributed by atoms with Crippen LogP contribution in [0.5, 0.6) is 0 Å². The molecule has 2 aliphatic rings. The van der Waals surface area contributed by atoms with E-state index in [1.54, 1.807) is 11.0 Å². The Morgan fingerprint density at radius 1 is 1.23 bits per heavy atom. The number of hydrogen-bond acceptors (Lipinski definition) is 5. The van der Waals surface area contributed by atoms with E-state index in [2.05, 4.69) is 37.5 Å². The summed E-state index contributed by atoms with van der Waals surface area (Å²) in [5, 5.41) is 0. The van der Waals surface area contributed by atoms with Crippen LogP contribution in [0.3, 0.4) is 0 Å². The molecule has 1 aliphatic heterocycles. The quantitative estimate of drug-likeness (QED) is 0.349. The van der Waals surface area contributed by atoms with Crippen LogP contribution < -0.4 is 5.73 Å². The van der Waals surface area contributed by atoms with Crippen molar-refractivity contribution < 1.29 is 18.7 Å². The van der Waals surface area contributed by atoms with Crippen molar-refractivity contribution in [1.82, 2.24) is 14.5 Å². The smallest absolute Gasteiger partial charge is 0.412 e. The molecule has 1 aliphatic carbocycles. The van der Waals surface area contributed by atoms with Gasteiger partial charge in [0, 0.05) is 36.8 Å². The van der Waals surface area contributed by atoms with Crippen molar-refractivity contribution in [1.29, 1.82) is 0 Å². The van der Waals surface area contributed by atoms with E-state index in [-0.39, 0.29) is 11.4 Å². The maximum absolute atomic E-state index is 14.2. The molecule has 208 valence electrons. The zero-order chi connectivity index (χ0) is 27.6. The molecule has 39 heavy (non-hydrogen) atoms. The van der Waals surface area contributed by atoms with Crippen LogP contribution in [0.1, 0.15) is 70.3 Å². The molecule has 2 N–H and O–H groups in total. The molecule has 1 aromatic heterocycles. The van der Waals surface area contributed by atoms with E-state index in [1.165, 1.54) is 12.1 Å². The normalized spacial score (nSPS) is 19.1. The summed E-state index contributed by atoms with van der Waals surface area (Å²) in [6, 6.07) is 16.1. The molecule has 1 saturated carbocycles. The molecule has 1 saturated heterocycles. The number of nitrogens with two attached hydrogens (primary N) is 1. The van der Waals surface area contributed by atoms with Gasteiger partial charge in [-0.15, -0.1) is 0 Å². The van der Waals surface area contributed by atoms with Crippen molar-refractivity contribution in [2.45, 2.75) is 77.3 Å². The maximum atomic E-state index is 14.2. The molecule has 0 radical (unpaired) electrons. The van der Waals surface area contributed by atoms with Crippen molar-refractivity contribution in [2.75, 3.05) is 13.2 Å². The molecule has 3 aromatic rings. The molecule has 2 heterocycles. The molecule has 7 nitrogen and oxygen atoms in total. The standard InChI is InChI=1S/C31H39FN4O3/c1-30(2,3)27(36(17-16-31(33)14-15-31)29(37)39-26-13-8-18-38-26)28-34-25(23-11-7-12-24(32)19-23)21-35(28)20-22-9-5-4-6-10-22/h4-7,9-12,19,21,26-27H,8,13-18,20,33H2,1-3H3/t26-,27-/m0/s1. The highest BCUT2D eigenvalue weighted by atomic mass is 19.1. The van der Waals surface area contributed by atoms with E-state index in [4.69, 9.17) is 20.2 Å². The van der Waals surface area contributed by atoms with E-state index >= 15 is 0 Å². The SMILES string of the molecule is CC(C)(C)[C@H](c1nc(-c2cccc(F)c2)cn1Cc1ccccc1)N(CCC1(N)CC1)C(=O)O[C@H]1CCCO1. The number of ether oxygens (including phenoxy) is 2. The van der Waals surface area contributed by atoms with E-state index < -0.39 is 23.8 Å². The Labute approximate surface area is 230 Å². The maximum Gasteiger partial charge on any atom is 0.412 e. The fourth-order valence-electron chi connectivity index (χ4n) is 5.24. The number of carbonyl (C=O) groups is 1. The summed E-state index contributed by atoms with van der Waals surface area (Å²) in [5.41, 5.74) is 8.27. The number of halogens is 1. The first kappa shape index (κ1) is 27.3. The Bertz CT molecular complexity index is 1280. The van der Waals surface area contributed by atoms with Gasteiger partial charge >= 0.3 is 6.09 Å². The second-order valence-electron chi connectivity index (χ2n) is 12.0. The van der Waals surface area contributed by atoms with Crippen LogP contribution in [0.4, 0.5) is 9.18 Å². The lowest BCUT2D eigenvalue weighted by molar-refractivity contribution is -0.0854. The molecule has 2 aromatic carbocycles. The largest absolute Gasteiger partial charge is 0.419 e.